The van der Waals surface area contributed by atoms with Crippen LogP contribution in [0.5, 0.6) is 5.75 Å². The molecule has 2 rings (SSSR count). The van der Waals surface area contributed by atoms with Crippen LogP contribution in [0.3, 0.4) is 0 Å². The summed E-state index contributed by atoms with van der Waals surface area (Å²) in [7, 11) is 0. The lowest BCUT2D eigenvalue weighted by Gasteiger charge is -2.13. The van der Waals surface area contributed by atoms with E-state index in [-0.39, 0.29) is 10.8 Å². The lowest BCUT2D eigenvalue weighted by atomic mass is 10.2. The number of non-ortho nitro benzene ring substituents is 1. The van der Waals surface area contributed by atoms with Gasteiger partial charge in [-0.15, -0.1) is 0 Å². The third kappa shape index (κ3) is 6.32. The molecule has 0 radical (unpaired) electrons. The van der Waals surface area contributed by atoms with Crippen LogP contribution in [0, 0.1) is 10.1 Å². The van der Waals surface area contributed by atoms with Crippen molar-refractivity contribution >= 4 is 34.6 Å². The highest BCUT2D eigenvalue weighted by atomic mass is 32.1. The largest absolute Gasteiger partial charge is 0.490 e. The van der Waals surface area contributed by atoms with Gasteiger partial charge in [0.05, 0.1) is 17.1 Å². The molecule has 0 saturated carbocycles. The molecule has 0 aromatic heterocycles. The van der Waals surface area contributed by atoms with Crippen LogP contribution in [-0.4, -0.2) is 35.8 Å². The molecule has 0 aliphatic carbocycles. The monoisotopic (exact) mass is 389 g/mol. The zero-order chi connectivity index (χ0) is 19.6. The third-order valence-electron chi connectivity index (χ3n) is 3.36. The van der Waals surface area contributed by atoms with Crippen LogP contribution < -0.4 is 15.4 Å². The fourth-order valence-electron chi connectivity index (χ4n) is 2.17. The first kappa shape index (κ1) is 20.3. The van der Waals surface area contributed by atoms with Crippen LogP contribution in [0.2, 0.25) is 0 Å². The predicted molar refractivity (Wildman–Crippen MR) is 105 cm³/mol. The zero-order valence-electron chi connectivity index (χ0n) is 14.6. The quantitative estimate of drug-likeness (QED) is 0.309. The van der Waals surface area contributed by atoms with E-state index in [2.05, 4.69) is 10.6 Å². The Balaban J connectivity index is 1.99. The number of thiocarbonyl (C=S) groups is 1. The van der Waals surface area contributed by atoms with Gasteiger partial charge in [-0.05, 0) is 37.3 Å². The van der Waals surface area contributed by atoms with E-state index in [4.69, 9.17) is 21.7 Å². The van der Waals surface area contributed by atoms with E-state index in [0.29, 0.717) is 36.8 Å². The fraction of sp³-hybridized carbons (Fsp3) is 0.222. The molecule has 8 nitrogen and oxygen atoms in total. The number of nitrogens with one attached hydrogen (secondary N) is 2. The number of anilines is 1. The molecule has 0 spiro atoms. The molecule has 0 aliphatic heterocycles. The lowest BCUT2D eigenvalue weighted by Crippen LogP contribution is -2.34. The Bertz CT molecular complexity index is 828. The Labute approximate surface area is 161 Å². The molecule has 0 heterocycles. The summed E-state index contributed by atoms with van der Waals surface area (Å²) in [4.78, 5) is 22.8. The normalized spacial score (nSPS) is 10.1. The van der Waals surface area contributed by atoms with Gasteiger partial charge in [-0.1, -0.05) is 18.2 Å². The third-order valence-corrected chi connectivity index (χ3v) is 3.57. The van der Waals surface area contributed by atoms with Crippen molar-refractivity contribution in [1.82, 2.24) is 5.32 Å². The lowest BCUT2D eigenvalue weighted by molar-refractivity contribution is -0.384. The first-order chi connectivity index (χ1) is 13.0. The standard InChI is InChI=1S/C18H19N3O5S/c1-2-25-10-11-26-16-9-4-3-8-15(16)17(22)20-18(27)19-13-6-5-7-14(12-13)21(23)24/h3-9,12H,2,10-11H2,1H3,(H2,19,20,22,27). The number of carbonyl (C=O) groups excluding carboxylic acids is 1. The van der Waals surface area contributed by atoms with Crippen LogP contribution >= 0.6 is 12.2 Å². The number of nitrogens with zero attached hydrogens (tertiary/aromatic N) is 1. The van der Waals surface area contributed by atoms with Gasteiger partial charge < -0.3 is 14.8 Å². The number of ether oxygens (including phenoxy) is 2. The summed E-state index contributed by atoms with van der Waals surface area (Å²) < 4.78 is 10.8. The summed E-state index contributed by atoms with van der Waals surface area (Å²) >= 11 is 5.11. The Kier molecular flexibility index (Phi) is 7.65. The zero-order valence-corrected chi connectivity index (χ0v) is 15.5. The molecule has 2 aromatic rings. The highest BCUT2D eigenvalue weighted by Gasteiger charge is 2.14. The second-order valence-corrected chi connectivity index (χ2v) is 5.67. The molecule has 0 saturated heterocycles. The van der Waals surface area contributed by atoms with Crippen molar-refractivity contribution in [1.29, 1.82) is 0 Å². The molecular weight excluding hydrogens is 370 g/mol. The van der Waals surface area contributed by atoms with Gasteiger partial charge in [0.25, 0.3) is 11.6 Å². The van der Waals surface area contributed by atoms with Gasteiger partial charge in [-0.2, -0.15) is 0 Å². The van der Waals surface area contributed by atoms with Gasteiger partial charge in [0.2, 0.25) is 0 Å². The van der Waals surface area contributed by atoms with Crippen LogP contribution in [0.4, 0.5) is 11.4 Å². The Hall–Kier alpha value is -3.04. The maximum atomic E-state index is 12.5. The van der Waals surface area contributed by atoms with Crippen molar-refractivity contribution in [2.24, 2.45) is 0 Å². The topological polar surface area (TPSA) is 103 Å². The van der Waals surface area contributed by atoms with Gasteiger partial charge in [0.1, 0.15) is 12.4 Å². The molecule has 2 N–H and O–H groups in total. The minimum absolute atomic E-state index is 0.0182. The van der Waals surface area contributed by atoms with Crippen molar-refractivity contribution in [3.8, 4) is 5.75 Å². The first-order valence-electron chi connectivity index (χ1n) is 8.17. The van der Waals surface area contributed by atoms with Crippen molar-refractivity contribution in [3.63, 3.8) is 0 Å². The summed E-state index contributed by atoms with van der Waals surface area (Å²) in [6, 6.07) is 12.6. The number of para-hydroxylation sites is 1. The number of amides is 1. The van der Waals surface area contributed by atoms with E-state index in [1.54, 1.807) is 30.3 Å². The van der Waals surface area contributed by atoms with Crippen molar-refractivity contribution in [3.05, 3.63) is 64.2 Å². The van der Waals surface area contributed by atoms with E-state index in [0.717, 1.165) is 0 Å². The predicted octanol–water partition coefficient (Wildman–Crippen LogP) is 3.14. The number of hydrogen-bond donors (Lipinski definition) is 2. The van der Waals surface area contributed by atoms with Crippen LogP contribution in [-0.2, 0) is 4.74 Å². The first-order valence-corrected chi connectivity index (χ1v) is 8.58. The molecular formula is C18H19N3O5S. The molecule has 0 bridgehead atoms. The highest BCUT2D eigenvalue weighted by Crippen LogP contribution is 2.19. The highest BCUT2D eigenvalue weighted by molar-refractivity contribution is 7.80. The van der Waals surface area contributed by atoms with Gasteiger partial charge in [0, 0.05) is 24.4 Å². The summed E-state index contributed by atoms with van der Waals surface area (Å²) in [6.45, 7) is 3.20. The smallest absolute Gasteiger partial charge is 0.271 e. The second kappa shape index (κ2) is 10.2. The van der Waals surface area contributed by atoms with Crippen LogP contribution in [0.1, 0.15) is 17.3 Å². The van der Waals surface area contributed by atoms with Crippen molar-refractivity contribution < 1.29 is 19.2 Å². The number of rotatable bonds is 8. The van der Waals surface area contributed by atoms with E-state index in [9.17, 15) is 14.9 Å². The van der Waals surface area contributed by atoms with Gasteiger partial charge in [-0.3, -0.25) is 20.2 Å². The summed E-state index contributed by atoms with van der Waals surface area (Å²) in [6.07, 6.45) is 0. The maximum Gasteiger partial charge on any atom is 0.271 e. The Morgan fingerprint density at radius 1 is 1.19 bits per heavy atom. The van der Waals surface area contributed by atoms with Crippen LogP contribution in [0.15, 0.2) is 48.5 Å². The number of nitro groups is 1. The van der Waals surface area contributed by atoms with E-state index in [1.807, 2.05) is 6.92 Å². The Morgan fingerprint density at radius 3 is 2.70 bits per heavy atom. The van der Waals surface area contributed by atoms with Gasteiger partial charge in [-0.25, -0.2) is 0 Å². The van der Waals surface area contributed by atoms with Crippen molar-refractivity contribution in [2.45, 2.75) is 6.92 Å². The molecule has 142 valence electrons. The molecule has 0 atom stereocenters. The average Bonchev–Trinajstić information content (AvgIpc) is 2.65. The molecule has 0 aliphatic rings. The SMILES string of the molecule is CCOCCOc1ccccc1C(=O)NC(=S)Nc1cccc([N+](=O)[O-])c1. The number of nitro benzene ring substituents is 1. The molecule has 0 unspecified atom stereocenters. The molecule has 2 aromatic carbocycles. The van der Waals surface area contributed by atoms with Gasteiger partial charge >= 0.3 is 0 Å². The number of hydrogen-bond acceptors (Lipinski definition) is 6. The Morgan fingerprint density at radius 2 is 1.96 bits per heavy atom. The van der Waals surface area contributed by atoms with Crippen molar-refractivity contribution in [2.75, 3.05) is 25.1 Å². The van der Waals surface area contributed by atoms with Crippen LogP contribution in [0.25, 0.3) is 0 Å². The minimum Gasteiger partial charge on any atom is -0.490 e. The second-order valence-electron chi connectivity index (χ2n) is 5.26. The summed E-state index contributed by atoms with van der Waals surface area (Å²) in [5.74, 6) is -0.0437. The summed E-state index contributed by atoms with van der Waals surface area (Å²) in [5, 5.41) is 16.1. The molecule has 27 heavy (non-hydrogen) atoms. The number of benzene rings is 2. The molecule has 0 fully saturated rings. The van der Waals surface area contributed by atoms with E-state index >= 15 is 0 Å². The average molecular weight is 389 g/mol. The minimum atomic E-state index is -0.511. The van der Waals surface area contributed by atoms with E-state index < -0.39 is 10.8 Å². The number of carbonyl (C=O) groups is 1. The molecule has 1 amide bonds. The maximum absolute atomic E-state index is 12.5. The van der Waals surface area contributed by atoms with E-state index in [1.165, 1.54) is 18.2 Å². The molecule has 9 heteroatoms. The van der Waals surface area contributed by atoms with Gasteiger partial charge in [0.15, 0.2) is 5.11 Å². The fourth-order valence-corrected chi connectivity index (χ4v) is 2.38. The summed E-state index contributed by atoms with van der Waals surface area (Å²) in [5.41, 5.74) is 0.634.